The van der Waals surface area contributed by atoms with Crippen LogP contribution < -0.4 is 10.2 Å². The molecule has 0 fully saturated rings. The topological polar surface area (TPSA) is 114 Å². The second kappa shape index (κ2) is 62.2. The molecule has 0 aliphatic rings. The number of hydrogen-bond acceptors (Lipinski definition) is 7. The van der Waals surface area contributed by atoms with Crippen LogP contribution in [0.3, 0.4) is 0 Å². The fourth-order valence-electron chi connectivity index (χ4n) is 10.1. The number of rotatable bonds is 63. The Morgan fingerprint density at radius 2 is 0.771 bits per heavy atom. The van der Waals surface area contributed by atoms with Crippen molar-refractivity contribution in [2.24, 2.45) is 0 Å². The standard InChI is InChI=1S/C73H133N2O7P/c1-7-10-13-16-19-22-25-28-30-32-33-34-35-36-37-38-39-40-41-43-44-47-50-53-56-59-62-65-72(76)74-70(69-81-83(78,79)80-68-67-75(4,5)6)71(64-61-58-55-52-49-46-27-24-21-18-15-12-9-3)82-73(77)66-63-60-57-54-51-48-45-42-31-29-26-23-20-17-14-11-8-2/h11,14,17,20,23,26,29,31,42,45,48,51,61,64,70-71H,7-10,12-13,15-16,18-19,21-22,24-25,27-28,30,32-41,43-44,46-47,49-50,52-60,62-63,65-69H2,1-6H3,(H-,74,76,78,79)/b14-11-,20-17+,26-23+,31-29-,45-42+,51-48+,64-61-. The van der Waals surface area contributed by atoms with Crippen molar-refractivity contribution in [2.45, 2.75) is 328 Å². The highest BCUT2D eigenvalue weighted by Crippen LogP contribution is 2.38. The van der Waals surface area contributed by atoms with Crippen LogP contribution in [0.2, 0.25) is 0 Å². The van der Waals surface area contributed by atoms with E-state index in [-0.39, 0.29) is 24.9 Å². The number of phosphoric ester groups is 1. The van der Waals surface area contributed by atoms with E-state index in [1.165, 1.54) is 212 Å². The lowest BCUT2D eigenvalue weighted by Crippen LogP contribution is -2.47. The number of unbranched alkanes of at least 4 members (excludes halogenated alkanes) is 40. The Hall–Kier alpha value is -2.81. The first-order valence-electron chi connectivity index (χ1n) is 35.0. The summed E-state index contributed by atoms with van der Waals surface area (Å²) in [6, 6.07) is -0.910. The molecule has 83 heavy (non-hydrogen) atoms. The molecule has 0 aromatic rings. The summed E-state index contributed by atoms with van der Waals surface area (Å²) in [5, 5.41) is 3.03. The minimum Gasteiger partial charge on any atom is -0.756 e. The molecule has 0 aliphatic carbocycles. The third-order valence-corrected chi connectivity index (χ3v) is 16.5. The predicted molar refractivity (Wildman–Crippen MR) is 358 cm³/mol. The Bertz CT molecular complexity index is 1700. The van der Waals surface area contributed by atoms with Crippen LogP contribution in [-0.4, -0.2) is 69.4 Å². The van der Waals surface area contributed by atoms with Crippen LogP contribution in [-0.2, 0) is 27.9 Å². The molecule has 0 rings (SSSR count). The van der Waals surface area contributed by atoms with Gasteiger partial charge in [0, 0.05) is 12.8 Å². The van der Waals surface area contributed by atoms with Gasteiger partial charge in [0.05, 0.1) is 33.8 Å². The summed E-state index contributed by atoms with van der Waals surface area (Å²) in [7, 11) is 1.16. The lowest BCUT2D eigenvalue weighted by molar-refractivity contribution is -0.870. The number of amides is 1. The van der Waals surface area contributed by atoms with Gasteiger partial charge in [-0.25, -0.2) is 0 Å². The number of hydrogen-bond donors (Lipinski definition) is 1. The van der Waals surface area contributed by atoms with Crippen LogP contribution in [0, 0.1) is 0 Å². The normalized spacial score (nSPS) is 14.1. The van der Waals surface area contributed by atoms with Crippen molar-refractivity contribution in [2.75, 3.05) is 40.9 Å². The summed E-state index contributed by atoms with van der Waals surface area (Å²) in [5.74, 6) is -0.584. The van der Waals surface area contributed by atoms with E-state index >= 15 is 0 Å². The van der Waals surface area contributed by atoms with E-state index in [1.54, 1.807) is 0 Å². The molecule has 482 valence electrons. The molecule has 3 unspecified atom stereocenters. The smallest absolute Gasteiger partial charge is 0.306 e. The summed E-state index contributed by atoms with van der Waals surface area (Å²) >= 11 is 0. The average Bonchev–Trinajstić information content (AvgIpc) is 3.47. The molecule has 0 saturated heterocycles. The number of likely N-dealkylation sites (N-methyl/N-ethyl adjacent to an activating group) is 1. The number of phosphoric acid groups is 1. The Labute approximate surface area is 514 Å². The van der Waals surface area contributed by atoms with Crippen LogP contribution in [0.4, 0.5) is 0 Å². The van der Waals surface area contributed by atoms with E-state index in [9.17, 15) is 19.0 Å². The largest absolute Gasteiger partial charge is 0.756 e. The summed E-state index contributed by atoms with van der Waals surface area (Å²) in [5.41, 5.74) is 0. The minimum atomic E-state index is -4.72. The van der Waals surface area contributed by atoms with Gasteiger partial charge in [0.25, 0.3) is 7.82 Å². The van der Waals surface area contributed by atoms with Crippen LogP contribution in [0.5, 0.6) is 0 Å². The number of nitrogens with zero attached hydrogens (tertiary/aromatic N) is 1. The quantitative estimate of drug-likeness (QED) is 0.0161. The summed E-state index contributed by atoms with van der Waals surface area (Å²) in [6.45, 7) is 6.70. The van der Waals surface area contributed by atoms with Crippen molar-refractivity contribution in [1.29, 1.82) is 0 Å². The van der Waals surface area contributed by atoms with E-state index in [0.29, 0.717) is 23.9 Å². The highest BCUT2D eigenvalue weighted by atomic mass is 31.2. The van der Waals surface area contributed by atoms with E-state index in [1.807, 2.05) is 94.1 Å². The van der Waals surface area contributed by atoms with Crippen molar-refractivity contribution in [3.8, 4) is 0 Å². The molecule has 0 saturated carbocycles. The third kappa shape index (κ3) is 63.5. The minimum absolute atomic E-state index is 0.0319. The Morgan fingerprint density at radius 3 is 1.17 bits per heavy atom. The number of carbonyl (C=O) groups excluding carboxylic acids is 2. The first kappa shape index (κ1) is 80.2. The zero-order valence-corrected chi connectivity index (χ0v) is 56.0. The highest BCUT2D eigenvalue weighted by molar-refractivity contribution is 7.45. The molecular formula is C73H133N2O7P. The van der Waals surface area contributed by atoms with E-state index in [0.717, 1.165) is 64.2 Å². The van der Waals surface area contributed by atoms with Gasteiger partial charge < -0.3 is 28.5 Å². The highest BCUT2D eigenvalue weighted by Gasteiger charge is 2.27. The molecule has 10 heteroatoms. The lowest BCUT2D eigenvalue weighted by Gasteiger charge is -2.30. The number of quaternary nitrogens is 1. The molecule has 3 atom stereocenters. The maximum absolute atomic E-state index is 13.6. The number of allylic oxidation sites excluding steroid dienone is 13. The number of esters is 1. The van der Waals surface area contributed by atoms with Crippen LogP contribution in [0.15, 0.2) is 85.1 Å². The second-order valence-corrected chi connectivity index (χ2v) is 26.2. The first-order chi connectivity index (χ1) is 40.4. The summed E-state index contributed by atoms with van der Waals surface area (Å²) < 4.78 is 30.4. The van der Waals surface area contributed by atoms with E-state index in [4.69, 9.17) is 13.8 Å². The van der Waals surface area contributed by atoms with Gasteiger partial charge in [-0.3, -0.25) is 14.2 Å². The van der Waals surface area contributed by atoms with Crippen molar-refractivity contribution in [1.82, 2.24) is 5.32 Å². The molecule has 0 heterocycles. The first-order valence-corrected chi connectivity index (χ1v) is 36.4. The van der Waals surface area contributed by atoms with Crippen molar-refractivity contribution in [3.63, 3.8) is 0 Å². The summed E-state index contributed by atoms with van der Waals surface area (Å²) in [4.78, 5) is 40.1. The molecule has 0 spiro atoms. The van der Waals surface area contributed by atoms with Gasteiger partial charge in [-0.15, -0.1) is 0 Å². The van der Waals surface area contributed by atoms with Gasteiger partial charge in [0.1, 0.15) is 19.3 Å². The average molecular weight is 1180 g/mol. The zero-order chi connectivity index (χ0) is 60.7. The van der Waals surface area contributed by atoms with Gasteiger partial charge in [0.2, 0.25) is 5.91 Å². The lowest BCUT2D eigenvalue weighted by atomic mass is 10.0. The van der Waals surface area contributed by atoms with Gasteiger partial charge in [-0.1, -0.05) is 337 Å². The van der Waals surface area contributed by atoms with Crippen LogP contribution in [0.1, 0.15) is 316 Å². The maximum Gasteiger partial charge on any atom is 0.306 e. The second-order valence-electron chi connectivity index (χ2n) is 24.8. The number of nitrogens with one attached hydrogen (secondary N) is 1. The fourth-order valence-corrected chi connectivity index (χ4v) is 10.9. The Balaban J connectivity index is 5.09. The van der Waals surface area contributed by atoms with Crippen LogP contribution in [0.25, 0.3) is 0 Å². The fraction of sp³-hybridized carbons (Fsp3) is 0.781. The van der Waals surface area contributed by atoms with Gasteiger partial charge in [0.15, 0.2) is 0 Å². The van der Waals surface area contributed by atoms with Crippen molar-refractivity contribution < 1.29 is 37.3 Å². The van der Waals surface area contributed by atoms with Crippen LogP contribution >= 0.6 is 7.82 Å². The SMILES string of the molecule is CC\C=C/C=C/C=C/C=C\C=C\C=C\CCCCCC(=O)OC(/C=C\CCCCCCCCCCCCC)C(COP(=O)([O-])OCC[N+](C)(C)C)NC(=O)CCCCCCCCCCCCCCCCCCCCCCCCCCCCC. The molecule has 0 radical (unpaired) electrons. The molecule has 0 aromatic carbocycles. The predicted octanol–water partition coefficient (Wildman–Crippen LogP) is 21.5. The number of ether oxygens (including phenoxy) is 1. The maximum atomic E-state index is 13.6. The monoisotopic (exact) mass is 1180 g/mol. The van der Waals surface area contributed by atoms with Crippen molar-refractivity contribution >= 4 is 19.7 Å². The number of carbonyl (C=O) groups is 2. The van der Waals surface area contributed by atoms with Gasteiger partial charge in [-0.2, -0.15) is 0 Å². The van der Waals surface area contributed by atoms with Crippen molar-refractivity contribution in [3.05, 3.63) is 85.1 Å². The van der Waals surface area contributed by atoms with Gasteiger partial charge in [-0.05, 0) is 51.0 Å². The zero-order valence-electron chi connectivity index (χ0n) is 55.1. The third-order valence-electron chi connectivity index (χ3n) is 15.5. The molecule has 0 aromatic heterocycles. The van der Waals surface area contributed by atoms with Gasteiger partial charge >= 0.3 is 5.97 Å². The molecule has 1 N–H and O–H groups in total. The Kier molecular flexibility index (Phi) is 60.1. The molecule has 1 amide bonds. The molecular weight excluding hydrogens is 1050 g/mol. The molecule has 0 bridgehead atoms. The molecule has 9 nitrogen and oxygen atoms in total. The summed E-state index contributed by atoms with van der Waals surface area (Å²) in [6.07, 6.45) is 82.9. The Morgan fingerprint density at radius 1 is 0.434 bits per heavy atom. The van der Waals surface area contributed by atoms with E-state index < -0.39 is 26.6 Å². The van der Waals surface area contributed by atoms with E-state index in [2.05, 4.69) is 38.2 Å². The molecule has 0 aliphatic heterocycles.